The zero-order valence-corrected chi connectivity index (χ0v) is 13.9. The van der Waals surface area contributed by atoms with Crippen molar-refractivity contribution in [2.75, 3.05) is 19.6 Å². The predicted molar refractivity (Wildman–Crippen MR) is 84.4 cm³/mol. The summed E-state index contributed by atoms with van der Waals surface area (Å²) in [5, 5.41) is 7.92. The van der Waals surface area contributed by atoms with Gasteiger partial charge in [-0.05, 0) is 32.7 Å². The maximum atomic E-state index is 12.8. The molecule has 1 aliphatic heterocycles. The highest BCUT2D eigenvalue weighted by Crippen LogP contribution is 2.23. The van der Waals surface area contributed by atoms with Gasteiger partial charge in [-0.3, -0.25) is 9.48 Å². The standard InChI is InChI=1S/C16H28N4O/c1-6-13-10-20(9-8-14(13)17-7-2)16(21)15-11(3)18-19(5)12(15)4/h13-14,17H,6-10H2,1-5H3. The first-order chi connectivity index (χ1) is 9.99. The molecule has 1 saturated heterocycles. The Balaban J connectivity index is 2.14. The average Bonchev–Trinajstić information content (AvgIpc) is 2.72. The number of aryl methyl sites for hydroxylation is 2. The Morgan fingerprint density at radius 1 is 1.38 bits per heavy atom. The second kappa shape index (κ2) is 6.60. The van der Waals surface area contributed by atoms with Crippen molar-refractivity contribution in [1.29, 1.82) is 0 Å². The molecule has 118 valence electrons. The van der Waals surface area contributed by atoms with Gasteiger partial charge in [-0.2, -0.15) is 5.10 Å². The summed E-state index contributed by atoms with van der Waals surface area (Å²) in [5.41, 5.74) is 2.58. The maximum Gasteiger partial charge on any atom is 0.257 e. The van der Waals surface area contributed by atoms with E-state index in [9.17, 15) is 4.79 Å². The summed E-state index contributed by atoms with van der Waals surface area (Å²) < 4.78 is 1.80. The van der Waals surface area contributed by atoms with E-state index < -0.39 is 0 Å². The van der Waals surface area contributed by atoms with E-state index in [1.54, 1.807) is 4.68 Å². The molecule has 1 amide bonds. The molecule has 1 aromatic heterocycles. The van der Waals surface area contributed by atoms with Gasteiger partial charge in [0.1, 0.15) is 0 Å². The van der Waals surface area contributed by atoms with Gasteiger partial charge in [0.05, 0.1) is 11.3 Å². The molecule has 2 rings (SSSR count). The molecular weight excluding hydrogens is 264 g/mol. The zero-order chi connectivity index (χ0) is 15.6. The number of carbonyl (C=O) groups excluding carboxylic acids is 1. The SMILES string of the molecule is CCNC1CCN(C(=O)c2c(C)nn(C)c2C)CC1CC. The minimum atomic E-state index is 0.145. The third-order valence-corrected chi connectivity index (χ3v) is 4.73. The molecule has 0 saturated carbocycles. The fraction of sp³-hybridized carbons (Fsp3) is 0.750. The van der Waals surface area contributed by atoms with E-state index in [2.05, 4.69) is 24.3 Å². The lowest BCUT2D eigenvalue weighted by Gasteiger charge is -2.38. The number of likely N-dealkylation sites (tertiary alicyclic amines) is 1. The van der Waals surface area contributed by atoms with Gasteiger partial charge < -0.3 is 10.2 Å². The van der Waals surface area contributed by atoms with Crippen molar-refractivity contribution in [2.24, 2.45) is 13.0 Å². The number of hydrogen-bond acceptors (Lipinski definition) is 3. The number of rotatable bonds is 4. The molecule has 1 fully saturated rings. The smallest absolute Gasteiger partial charge is 0.257 e. The van der Waals surface area contributed by atoms with Gasteiger partial charge in [-0.1, -0.05) is 20.3 Å². The van der Waals surface area contributed by atoms with Gasteiger partial charge in [-0.15, -0.1) is 0 Å². The highest BCUT2D eigenvalue weighted by molar-refractivity contribution is 5.96. The van der Waals surface area contributed by atoms with Crippen LogP contribution in [0.4, 0.5) is 0 Å². The van der Waals surface area contributed by atoms with Crippen LogP contribution in [0.15, 0.2) is 0 Å². The fourth-order valence-electron chi connectivity index (χ4n) is 3.40. The molecule has 0 bridgehead atoms. The number of carbonyl (C=O) groups is 1. The number of hydrogen-bond donors (Lipinski definition) is 1. The lowest BCUT2D eigenvalue weighted by Crippen LogP contribution is -2.51. The summed E-state index contributed by atoms with van der Waals surface area (Å²) in [6.45, 7) is 10.9. The predicted octanol–water partition coefficient (Wildman–Crippen LogP) is 1.89. The Morgan fingerprint density at radius 3 is 2.62 bits per heavy atom. The van der Waals surface area contributed by atoms with E-state index in [1.165, 1.54) is 0 Å². The van der Waals surface area contributed by atoms with E-state index in [4.69, 9.17) is 0 Å². The van der Waals surface area contributed by atoms with Crippen molar-refractivity contribution in [3.05, 3.63) is 17.0 Å². The van der Waals surface area contributed by atoms with E-state index in [-0.39, 0.29) is 5.91 Å². The summed E-state index contributed by atoms with van der Waals surface area (Å²) in [4.78, 5) is 14.8. The van der Waals surface area contributed by atoms with Crippen molar-refractivity contribution in [3.63, 3.8) is 0 Å². The minimum absolute atomic E-state index is 0.145. The molecule has 5 heteroatoms. The van der Waals surface area contributed by atoms with Gasteiger partial charge in [0, 0.05) is 31.9 Å². The summed E-state index contributed by atoms with van der Waals surface area (Å²) in [6, 6.07) is 0.542. The third-order valence-electron chi connectivity index (χ3n) is 4.73. The van der Waals surface area contributed by atoms with Crippen molar-refractivity contribution >= 4 is 5.91 Å². The van der Waals surface area contributed by atoms with Crippen molar-refractivity contribution in [2.45, 2.75) is 46.6 Å². The quantitative estimate of drug-likeness (QED) is 0.922. The number of nitrogens with zero attached hydrogens (tertiary/aromatic N) is 3. The summed E-state index contributed by atoms with van der Waals surface area (Å²) in [6.07, 6.45) is 2.14. The van der Waals surface area contributed by atoms with Crippen molar-refractivity contribution in [1.82, 2.24) is 20.0 Å². The molecule has 0 aliphatic carbocycles. The summed E-state index contributed by atoms with van der Waals surface area (Å²) >= 11 is 0. The highest BCUT2D eigenvalue weighted by atomic mass is 16.2. The summed E-state index contributed by atoms with van der Waals surface area (Å²) in [5.74, 6) is 0.687. The number of amides is 1. The van der Waals surface area contributed by atoms with Crippen LogP contribution < -0.4 is 5.32 Å². The third kappa shape index (κ3) is 3.12. The Labute approximate surface area is 127 Å². The van der Waals surface area contributed by atoms with Crippen molar-refractivity contribution in [3.8, 4) is 0 Å². The Kier molecular flexibility index (Phi) is 5.04. The van der Waals surface area contributed by atoms with Gasteiger partial charge in [0.25, 0.3) is 5.91 Å². The molecule has 21 heavy (non-hydrogen) atoms. The van der Waals surface area contributed by atoms with Crippen LogP contribution in [-0.2, 0) is 7.05 Å². The van der Waals surface area contributed by atoms with Crippen LogP contribution >= 0.6 is 0 Å². The Bertz CT molecular complexity index is 509. The molecule has 1 aromatic rings. The van der Waals surface area contributed by atoms with Crippen LogP contribution in [0.2, 0.25) is 0 Å². The summed E-state index contributed by atoms with van der Waals surface area (Å²) in [7, 11) is 1.89. The first-order valence-electron chi connectivity index (χ1n) is 8.02. The molecule has 5 nitrogen and oxygen atoms in total. The molecule has 2 heterocycles. The van der Waals surface area contributed by atoms with E-state index in [0.29, 0.717) is 12.0 Å². The molecule has 1 N–H and O–H groups in total. The van der Waals surface area contributed by atoms with E-state index in [1.807, 2.05) is 25.8 Å². The van der Waals surface area contributed by atoms with Gasteiger partial charge in [-0.25, -0.2) is 0 Å². The molecule has 0 aromatic carbocycles. The number of nitrogens with one attached hydrogen (secondary N) is 1. The van der Waals surface area contributed by atoms with Gasteiger partial charge in [0.2, 0.25) is 0 Å². The van der Waals surface area contributed by atoms with Crippen LogP contribution in [0.25, 0.3) is 0 Å². The van der Waals surface area contributed by atoms with Crippen LogP contribution in [0, 0.1) is 19.8 Å². The fourth-order valence-corrected chi connectivity index (χ4v) is 3.40. The maximum absolute atomic E-state index is 12.8. The first-order valence-corrected chi connectivity index (χ1v) is 8.02. The molecule has 2 atom stereocenters. The van der Waals surface area contributed by atoms with Crippen LogP contribution in [0.1, 0.15) is 48.4 Å². The largest absolute Gasteiger partial charge is 0.338 e. The lowest BCUT2D eigenvalue weighted by molar-refractivity contribution is 0.0626. The minimum Gasteiger partial charge on any atom is -0.338 e. The highest BCUT2D eigenvalue weighted by Gasteiger charge is 2.32. The van der Waals surface area contributed by atoms with E-state index in [0.717, 1.165) is 49.4 Å². The van der Waals surface area contributed by atoms with Crippen LogP contribution in [-0.4, -0.2) is 46.3 Å². The normalized spacial score (nSPS) is 22.6. The lowest BCUT2D eigenvalue weighted by atomic mass is 9.89. The monoisotopic (exact) mass is 292 g/mol. The molecule has 0 radical (unpaired) electrons. The second-order valence-corrected chi connectivity index (χ2v) is 6.04. The molecule has 2 unspecified atom stereocenters. The van der Waals surface area contributed by atoms with Gasteiger partial charge >= 0.3 is 0 Å². The average molecular weight is 292 g/mol. The molecule has 1 aliphatic rings. The first kappa shape index (κ1) is 16.0. The van der Waals surface area contributed by atoms with Crippen LogP contribution in [0.5, 0.6) is 0 Å². The van der Waals surface area contributed by atoms with Crippen LogP contribution in [0.3, 0.4) is 0 Å². The number of piperidine rings is 1. The Hall–Kier alpha value is -1.36. The molecular formula is C16H28N4O. The van der Waals surface area contributed by atoms with Crippen molar-refractivity contribution < 1.29 is 4.79 Å². The Morgan fingerprint density at radius 2 is 2.10 bits per heavy atom. The second-order valence-electron chi connectivity index (χ2n) is 6.04. The topological polar surface area (TPSA) is 50.2 Å². The number of aromatic nitrogens is 2. The van der Waals surface area contributed by atoms with E-state index >= 15 is 0 Å². The zero-order valence-electron chi connectivity index (χ0n) is 13.9. The molecule has 0 spiro atoms. The van der Waals surface area contributed by atoms with Gasteiger partial charge in [0.15, 0.2) is 0 Å².